The van der Waals surface area contributed by atoms with Gasteiger partial charge in [-0.2, -0.15) is 31.4 Å². The summed E-state index contributed by atoms with van der Waals surface area (Å²) in [5, 5.41) is 6.80. The van der Waals surface area contributed by atoms with Gasteiger partial charge in [0.25, 0.3) is 0 Å². The summed E-state index contributed by atoms with van der Waals surface area (Å²) in [6.07, 6.45) is -9.51. The second-order valence-corrected chi connectivity index (χ2v) is 7.39. The second-order valence-electron chi connectivity index (χ2n) is 6.98. The lowest BCUT2D eigenvalue weighted by molar-refractivity contribution is -0.348. The molecule has 0 aliphatic heterocycles. The van der Waals surface area contributed by atoms with Crippen molar-refractivity contribution in [2.45, 2.75) is 31.9 Å². The van der Waals surface area contributed by atoms with Crippen LogP contribution in [0.5, 0.6) is 0 Å². The van der Waals surface area contributed by atoms with Crippen molar-refractivity contribution in [3.63, 3.8) is 0 Å². The number of alkyl halides is 7. The molecule has 1 aromatic heterocycles. The molecule has 170 valence electrons. The standard InChI is InChI=1S/C20H15F7N4S/c1-11-7-14(18(21,19(22,23)24)20(25,26)27)8-12(2)16(11)30-17(32)13-3-5-15(6-4-13)31-10-28-9-29-31/h3-10H,1-2H3,(H,30,32). The van der Waals surface area contributed by atoms with E-state index in [1.54, 1.807) is 24.3 Å². The molecule has 0 unspecified atom stereocenters. The van der Waals surface area contributed by atoms with Crippen LogP contribution in [0.25, 0.3) is 5.69 Å². The fourth-order valence-corrected chi connectivity index (χ4v) is 3.38. The van der Waals surface area contributed by atoms with Gasteiger partial charge in [0.05, 0.1) is 5.69 Å². The minimum absolute atomic E-state index is 0.0305. The van der Waals surface area contributed by atoms with Crippen LogP contribution in [-0.2, 0) is 5.67 Å². The molecule has 0 aliphatic carbocycles. The Morgan fingerprint density at radius 2 is 1.44 bits per heavy atom. The first-order valence-corrected chi connectivity index (χ1v) is 9.37. The highest BCUT2D eigenvalue weighted by atomic mass is 32.1. The number of hydrogen-bond acceptors (Lipinski definition) is 3. The molecule has 0 spiro atoms. The van der Waals surface area contributed by atoms with Gasteiger partial charge in [0, 0.05) is 16.8 Å². The van der Waals surface area contributed by atoms with E-state index in [-0.39, 0.29) is 21.8 Å². The molecule has 0 amide bonds. The van der Waals surface area contributed by atoms with Gasteiger partial charge in [0.15, 0.2) is 0 Å². The number of nitrogens with zero attached hydrogens (tertiary/aromatic N) is 3. The molecule has 0 saturated heterocycles. The summed E-state index contributed by atoms with van der Waals surface area (Å²) in [6, 6.07) is 7.76. The fraction of sp³-hybridized carbons (Fsp3) is 0.250. The summed E-state index contributed by atoms with van der Waals surface area (Å²) >= 11 is 5.31. The van der Waals surface area contributed by atoms with Crippen LogP contribution in [0.3, 0.4) is 0 Å². The maximum atomic E-state index is 14.4. The van der Waals surface area contributed by atoms with Gasteiger partial charge < -0.3 is 5.32 Å². The molecular formula is C20H15F7N4S. The van der Waals surface area contributed by atoms with Crippen molar-refractivity contribution >= 4 is 22.9 Å². The lowest BCUT2D eigenvalue weighted by Gasteiger charge is -2.31. The fourth-order valence-electron chi connectivity index (χ4n) is 3.14. The van der Waals surface area contributed by atoms with Crippen molar-refractivity contribution in [3.8, 4) is 5.69 Å². The third kappa shape index (κ3) is 4.18. The zero-order valence-electron chi connectivity index (χ0n) is 16.5. The van der Waals surface area contributed by atoms with Crippen LogP contribution in [0.4, 0.5) is 36.4 Å². The Kier molecular flexibility index (Phi) is 6.02. The van der Waals surface area contributed by atoms with Crippen molar-refractivity contribution in [3.05, 3.63) is 71.3 Å². The molecule has 3 rings (SSSR count). The lowest BCUT2D eigenvalue weighted by atomic mass is 9.90. The Labute approximate surface area is 183 Å². The molecule has 0 fully saturated rings. The Bertz CT molecular complexity index is 1080. The van der Waals surface area contributed by atoms with Crippen LogP contribution in [0.2, 0.25) is 0 Å². The van der Waals surface area contributed by atoms with Gasteiger partial charge in [0.1, 0.15) is 17.6 Å². The Morgan fingerprint density at radius 3 is 1.88 bits per heavy atom. The Balaban J connectivity index is 1.91. The van der Waals surface area contributed by atoms with Crippen LogP contribution < -0.4 is 5.32 Å². The topological polar surface area (TPSA) is 42.7 Å². The Morgan fingerprint density at radius 1 is 0.906 bits per heavy atom. The SMILES string of the molecule is Cc1cc(C(F)(C(F)(F)F)C(F)(F)F)cc(C)c1NC(=S)c1ccc(-n2cncn2)cc1. The molecule has 0 bridgehead atoms. The normalized spacial score (nSPS) is 12.7. The van der Waals surface area contributed by atoms with E-state index in [9.17, 15) is 30.7 Å². The molecule has 0 atom stereocenters. The first-order chi connectivity index (χ1) is 14.8. The van der Waals surface area contributed by atoms with Gasteiger partial charge in [-0.15, -0.1) is 0 Å². The van der Waals surface area contributed by atoms with Crippen LogP contribution in [0, 0.1) is 13.8 Å². The largest absolute Gasteiger partial charge is 0.435 e. The maximum Gasteiger partial charge on any atom is 0.435 e. The number of anilines is 1. The van der Waals surface area contributed by atoms with E-state index < -0.39 is 23.6 Å². The number of halogens is 7. The number of nitrogens with one attached hydrogen (secondary N) is 1. The number of rotatable bonds is 4. The predicted molar refractivity (Wildman–Crippen MR) is 107 cm³/mol. The Hall–Kier alpha value is -3.02. The first-order valence-electron chi connectivity index (χ1n) is 8.96. The molecule has 0 saturated carbocycles. The van der Waals surface area contributed by atoms with Crippen LogP contribution >= 0.6 is 12.2 Å². The highest BCUT2D eigenvalue weighted by Crippen LogP contribution is 2.53. The summed E-state index contributed by atoms with van der Waals surface area (Å²) < 4.78 is 94.4. The molecule has 1 heterocycles. The van der Waals surface area contributed by atoms with E-state index >= 15 is 0 Å². The van der Waals surface area contributed by atoms with E-state index in [0.717, 1.165) is 0 Å². The third-order valence-electron chi connectivity index (χ3n) is 4.76. The van der Waals surface area contributed by atoms with Crippen LogP contribution in [-0.4, -0.2) is 32.1 Å². The second kappa shape index (κ2) is 8.15. The quantitative estimate of drug-likeness (QED) is 0.373. The van der Waals surface area contributed by atoms with Gasteiger partial charge in [0.2, 0.25) is 0 Å². The number of thiocarbonyl (C=S) groups is 1. The van der Waals surface area contributed by atoms with Crippen molar-refractivity contribution in [2.24, 2.45) is 0 Å². The maximum absolute atomic E-state index is 14.4. The average Bonchev–Trinajstić information content (AvgIpc) is 3.23. The van der Waals surface area contributed by atoms with Crippen LogP contribution in [0.15, 0.2) is 49.1 Å². The van der Waals surface area contributed by atoms with E-state index in [1.165, 1.54) is 31.2 Å². The van der Waals surface area contributed by atoms with Crippen molar-refractivity contribution in [1.82, 2.24) is 14.8 Å². The molecule has 32 heavy (non-hydrogen) atoms. The number of aromatic nitrogens is 3. The number of benzene rings is 2. The van der Waals surface area contributed by atoms with Crippen molar-refractivity contribution in [1.29, 1.82) is 0 Å². The van der Waals surface area contributed by atoms with E-state index in [2.05, 4.69) is 15.4 Å². The molecule has 1 N–H and O–H groups in total. The number of hydrogen-bond donors (Lipinski definition) is 1. The van der Waals surface area contributed by atoms with Gasteiger partial charge in [-0.25, -0.2) is 14.1 Å². The molecular weight excluding hydrogens is 461 g/mol. The molecule has 3 aromatic rings. The summed E-state index contributed by atoms with van der Waals surface area (Å²) in [4.78, 5) is 4.01. The minimum Gasteiger partial charge on any atom is -0.346 e. The van der Waals surface area contributed by atoms with E-state index in [4.69, 9.17) is 12.2 Å². The summed E-state index contributed by atoms with van der Waals surface area (Å²) in [5.41, 5.74) is -5.67. The first kappa shape index (κ1) is 23.6. The number of aryl methyl sites for hydroxylation is 2. The van der Waals surface area contributed by atoms with Crippen molar-refractivity contribution < 1.29 is 30.7 Å². The van der Waals surface area contributed by atoms with Gasteiger partial charge in [-0.3, -0.25) is 0 Å². The third-order valence-corrected chi connectivity index (χ3v) is 5.10. The van der Waals surface area contributed by atoms with Crippen molar-refractivity contribution in [2.75, 3.05) is 5.32 Å². The minimum atomic E-state index is -6.18. The smallest absolute Gasteiger partial charge is 0.346 e. The average molecular weight is 476 g/mol. The van der Waals surface area contributed by atoms with Gasteiger partial charge in [-0.1, -0.05) is 24.4 Å². The molecule has 0 aliphatic rings. The summed E-state index contributed by atoms with van der Waals surface area (Å²) in [7, 11) is 0. The van der Waals surface area contributed by atoms with E-state index in [1.807, 2.05) is 0 Å². The summed E-state index contributed by atoms with van der Waals surface area (Å²) in [5.74, 6) is 0. The molecule has 0 radical (unpaired) electrons. The summed E-state index contributed by atoms with van der Waals surface area (Å²) in [6.45, 7) is 2.53. The molecule has 12 heteroatoms. The zero-order valence-corrected chi connectivity index (χ0v) is 17.3. The molecule has 2 aromatic carbocycles. The highest BCUT2D eigenvalue weighted by Gasteiger charge is 2.73. The van der Waals surface area contributed by atoms with Gasteiger partial charge in [-0.05, 0) is 49.2 Å². The molecule has 4 nitrogen and oxygen atoms in total. The predicted octanol–water partition coefficient (Wildman–Crippen LogP) is 5.96. The highest BCUT2D eigenvalue weighted by molar-refractivity contribution is 7.81. The van der Waals surface area contributed by atoms with Gasteiger partial charge >= 0.3 is 18.0 Å². The van der Waals surface area contributed by atoms with Crippen LogP contribution in [0.1, 0.15) is 22.3 Å². The van der Waals surface area contributed by atoms with E-state index in [0.29, 0.717) is 23.4 Å². The monoisotopic (exact) mass is 476 g/mol. The lowest BCUT2D eigenvalue weighted by Crippen LogP contribution is -2.50. The zero-order chi connectivity index (χ0) is 23.9.